The van der Waals surface area contributed by atoms with Crippen molar-refractivity contribution in [3.63, 3.8) is 0 Å². The Hall–Kier alpha value is -1.89. The number of sulfone groups is 1. The van der Waals surface area contributed by atoms with Gasteiger partial charge in [-0.05, 0) is 18.6 Å². The van der Waals surface area contributed by atoms with Crippen molar-refractivity contribution in [3.8, 4) is 0 Å². The lowest BCUT2D eigenvalue weighted by Crippen LogP contribution is -2.14. The number of amides is 1. The molecule has 0 bridgehead atoms. The van der Waals surface area contributed by atoms with Crippen LogP contribution in [-0.4, -0.2) is 31.7 Å². The normalized spacial score (nSPS) is 11.0. The number of carbonyl (C=O) groups is 2. The Morgan fingerprint density at radius 3 is 2.42 bits per heavy atom. The molecule has 0 saturated carbocycles. The Kier molecular flexibility index (Phi) is 5.05. The Morgan fingerprint density at radius 2 is 1.84 bits per heavy atom. The maximum Gasteiger partial charge on any atom is 0.303 e. The van der Waals surface area contributed by atoms with Gasteiger partial charge in [0.15, 0.2) is 9.84 Å². The summed E-state index contributed by atoms with van der Waals surface area (Å²) in [7, 11) is -3.42. The van der Waals surface area contributed by atoms with Crippen LogP contribution in [0.2, 0.25) is 0 Å². The molecular formula is C12H15NO5S. The highest BCUT2D eigenvalue weighted by Crippen LogP contribution is 2.20. The van der Waals surface area contributed by atoms with E-state index in [0.29, 0.717) is 0 Å². The van der Waals surface area contributed by atoms with Crippen LogP contribution in [0, 0.1) is 0 Å². The number of aliphatic carboxylic acids is 1. The van der Waals surface area contributed by atoms with Crippen molar-refractivity contribution in [2.45, 2.75) is 24.2 Å². The van der Waals surface area contributed by atoms with E-state index in [2.05, 4.69) is 5.32 Å². The number of para-hydroxylation sites is 1. The molecule has 0 atom stereocenters. The Labute approximate surface area is 111 Å². The van der Waals surface area contributed by atoms with Crippen molar-refractivity contribution in [2.75, 3.05) is 11.6 Å². The van der Waals surface area contributed by atoms with E-state index < -0.39 is 21.7 Å². The van der Waals surface area contributed by atoms with E-state index in [4.69, 9.17) is 5.11 Å². The second-order valence-electron chi connectivity index (χ2n) is 4.06. The van der Waals surface area contributed by atoms with Crippen molar-refractivity contribution < 1.29 is 23.1 Å². The number of nitrogens with one attached hydrogen (secondary N) is 1. The molecule has 0 unspecified atom stereocenters. The van der Waals surface area contributed by atoms with Gasteiger partial charge in [0.05, 0.1) is 10.6 Å². The molecule has 0 heterocycles. The lowest BCUT2D eigenvalue weighted by Gasteiger charge is -2.09. The van der Waals surface area contributed by atoms with Gasteiger partial charge >= 0.3 is 5.97 Å². The van der Waals surface area contributed by atoms with Crippen molar-refractivity contribution in [3.05, 3.63) is 24.3 Å². The van der Waals surface area contributed by atoms with Crippen LogP contribution < -0.4 is 5.32 Å². The lowest BCUT2D eigenvalue weighted by atomic mass is 10.2. The Morgan fingerprint density at radius 1 is 1.21 bits per heavy atom. The van der Waals surface area contributed by atoms with Crippen LogP contribution in [0.1, 0.15) is 19.3 Å². The van der Waals surface area contributed by atoms with Crippen molar-refractivity contribution in [1.82, 2.24) is 0 Å². The molecule has 1 amide bonds. The standard InChI is InChI=1S/C12H15NO5S/c1-19(17,18)10-6-3-2-5-9(10)13-11(14)7-4-8-12(15)16/h2-3,5-6H,4,7-8H2,1H3,(H,13,14)(H,15,16). The minimum atomic E-state index is -3.42. The Balaban J connectivity index is 2.72. The third-order valence-corrected chi connectivity index (χ3v) is 3.51. The van der Waals surface area contributed by atoms with Gasteiger partial charge in [0.2, 0.25) is 5.91 Å². The van der Waals surface area contributed by atoms with Crippen molar-refractivity contribution in [2.24, 2.45) is 0 Å². The highest BCUT2D eigenvalue weighted by molar-refractivity contribution is 7.90. The summed E-state index contributed by atoms with van der Waals surface area (Å²) in [4.78, 5) is 21.9. The number of anilines is 1. The molecule has 0 aromatic heterocycles. The number of benzene rings is 1. The van der Waals surface area contributed by atoms with Crippen LogP contribution in [0.3, 0.4) is 0 Å². The zero-order valence-corrected chi connectivity index (χ0v) is 11.2. The summed E-state index contributed by atoms with van der Waals surface area (Å²) >= 11 is 0. The average Bonchev–Trinajstić information content (AvgIpc) is 2.27. The van der Waals surface area contributed by atoms with Crippen LogP contribution in [-0.2, 0) is 19.4 Å². The summed E-state index contributed by atoms with van der Waals surface area (Å²) in [5.74, 6) is -1.37. The fraction of sp³-hybridized carbons (Fsp3) is 0.333. The van der Waals surface area contributed by atoms with E-state index in [-0.39, 0.29) is 29.8 Å². The molecule has 7 heteroatoms. The quantitative estimate of drug-likeness (QED) is 0.820. The largest absolute Gasteiger partial charge is 0.481 e. The van der Waals surface area contributed by atoms with Gasteiger partial charge < -0.3 is 10.4 Å². The van der Waals surface area contributed by atoms with Gasteiger partial charge in [-0.3, -0.25) is 9.59 Å². The number of hydrogen-bond donors (Lipinski definition) is 2. The molecule has 0 aliphatic rings. The first-order valence-electron chi connectivity index (χ1n) is 5.61. The monoisotopic (exact) mass is 285 g/mol. The van der Waals surface area contributed by atoms with Gasteiger partial charge in [0.1, 0.15) is 0 Å². The fourth-order valence-electron chi connectivity index (χ4n) is 1.51. The minimum absolute atomic E-state index is 0.0321. The molecule has 0 spiro atoms. The molecule has 0 saturated heterocycles. The maximum atomic E-state index is 11.6. The van der Waals surface area contributed by atoms with Crippen LogP contribution in [0.15, 0.2) is 29.2 Å². The molecule has 19 heavy (non-hydrogen) atoms. The summed E-state index contributed by atoms with van der Waals surface area (Å²) in [6.07, 6.45) is 1.20. The molecule has 104 valence electrons. The average molecular weight is 285 g/mol. The maximum absolute atomic E-state index is 11.6. The minimum Gasteiger partial charge on any atom is -0.481 e. The van der Waals surface area contributed by atoms with E-state index in [9.17, 15) is 18.0 Å². The van der Waals surface area contributed by atoms with Crippen LogP contribution in [0.25, 0.3) is 0 Å². The molecule has 1 aromatic carbocycles. The van der Waals surface area contributed by atoms with Gasteiger partial charge in [-0.15, -0.1) is 0 Å². The van der Waals surface area contributed by atoms with Gasteiger partial charge in [-0.25, -0.2) is 8.42 Å². The molecule has 0 fully saturated rings. The smallest absolute Gasteiger partial charge is 0.303 e. The highest BCUT2D eigenvalue weighted by Gasteiger charge is 2.14. The van der Waals surface area contributed by atoms with Crippen LogP contribution >= 0.6 is 0 Å². The Bertz CT molecular complexity index is 580. The number of carbonyl (C=O) groups excluding carboxylic acids is 1. The predicted octanol–water partition coefficient (Wildman–Crippen LogP) is 1.28. The molecular weight excluding hydrogens is 270 g/mol. The van der Waals surface area contributed by atoms with Crippen LogP contribution in [0.5, 0.6) is 0 Å². The van der Waals surface area contributed by atoms with E-state index in [1.165, 1.54) is 12.1 Å². The second kappa shape index (κ2) is 6.33. The van der Waals surface area contributed by atoms with E-state index >= 15 is 0 Å². The number of rotatable bonds is 6. The predicted molar refractivity (Wildman–Crippen MR) is 69.7 cm³/mol. The van der Waals surface area contributed by atoms with Gasteiger partial charge in [-0.2, -0.15) is 0 Å². The zero-order valence-electron chi connectivity index (χ0n) is 10.4. The first kappa shape index (κ1) is 15.2. The first-order valence-corrected chi connectivity index (χ1v) is 7.50. The van der Waals surface area contributed by atoms with Crippen molar-refractivity contribution >= 4 is 27.4 Å². The SMILES string of the molecule is CS(=O)(=O)c1ccccc1NC(=O)CCCC(=O)O. The molecule has 6 nitrogen and oxygen atoms in total. The molecule has 0 aliphatic heterocycles. The summed E-state index contributed by atoms with van der Waals surface area (Å²) < 4.78 is 23.0. The topological polar surface area (TPSA) is 101 Å². The molecule has 0 aliphatic carbocycles. The number of hydrogen-bond acceptors (Lipinski definition) is 4. The molecule has 1 rings (SSSR count). The van der Waals surface area contributed by atoms with E-state index in [0.717, 1.165) is 6.26 Å². The van der Waals surface area contributed by atoms with Crippen LogP contribution in [0.4, 0.5) is 5.69 Å². The summed E-state index contributed by atoms with van der Waals surface area (Å²) in [5, 5.41) is 10.9. The third-order valence-electron chi connectivity index (χ3n) is 2.36. The van der Waals surface area contributed by atoms with Crippen molar-refractivity contribution in [1.29, 1.82) is 0 Å². The number of carboxylic acid groups (broad SMARTS) is 1. The fourth-order valence-corrected chi connectivity index (χ4v) is 2.35. The second-order valence-corrected chi connectivity index (χ2v) is 6.05. The molecule has 0 radical (unpaired) electrons. The van der Waals surface area contributed by atoms with Gasteiger partial charge in [-0.1, -0.05) is 12.1 Å². The molecule has 2 N–H and O–H groups in total. The highest BCUT2D eigenvalue weighted by atomic mass is 32.2. The molecule has 1 aromatic rings. The summed E-state index contributed by atoms with van der Waals surface area (Å²) in [6, 6.07) is 6.08. The van der Waals surface area contributed by atoms with Gasteiger partial charge in [0, 0.05) is 19.1 Å². The van der Waals surface area contributed by atoms with E-state index in [1.807, 2.05) is 0 Å². The number of carboxylic acids is 1. The summed E-state index contributed by atoms with van der Waals surface area (Å²) in [6.45, 7) is 0. The first-order chi connectivity index (χ1) is 8.80. The van der Waals surface area contributed by atoms with Gasteiger partial charge in [0.25, 0.3) is 0 Å². The lowest BCUT2D eigenvalue weighted by molar-refractivity contribution is -0.137. The third kappa shape index (κ3) is 5.09. The zero-order chi connectivity index (χ0) is 14.5. The van der Waals surface area contributed by atoms with E-state index in [1.54, 1.807) is 12.1 Å². The summed E-state index contributed by atoms with van der Waals surface area (Å²) in [5.41, 5.74) is 0.213.